The normalized spacial score (nSPS) is 16.6. The summed E-state index contributed by atoms with van der Waals surface area (Å²) in [5.41, 5.74) is 4.21. The monoisotopic (exact) mass is 536 g/mol. The van der Waals surface area contributed by atoms with E-state index in [-0.39, 0.29) is 12.0 Å². The molecule has 0 unspecified atom stereocenters. The lowest BCUT2D eigenvalue weighted by Crippen LogP contribution is -2.50. The molecule has 0 saturated carbocycles. The fourth-order valence-electron chi connectivity index (χ4n) is 4.87. The number of morpholine rings is 1. The molecule has 5 rings (SSSR count). The molecule has 2 amide bonds. The lowest BCUT2D eigenvalue weighted by molar-refractivity contribution is 0.0342. The van der Waals surface area contributed by atoms with Crippen LogP contribution < -0.4 is 0 Å². The Morgan fingerprint density at radius 2 is 1.74 bits per heavy atom. The highest BCUT2D eigenvalue weighted by Crippen LogP contribution is 2.30. The Balaban J connectivity index is 1.32. The number of rotatable bonds is 6. The minimum absolute atomic E-state index is 0.0793. The van der Waals surface area contributed by atoms with Crippen molar-refractivity contribution in [3.05, 3.63) is 64.7 Å². The average Bonchev–Trinajstić information content (AvgIpc) is 2.96. The highest BCUT2D eigenvalue weighted by Gasteiger charge is 2.26. The van der Waals surface area contributed by atoms with Crippen molar-refractivity contribution in [2.45, 2.75) is 19.9 Å². The number of pyridine rings is 1. The van der Waals surface area contributed by atoms with Crippen molar-refractivity contribution < 1.29 is 19.1 Å². The van der Waals surface area contributed by atoms with Crippen molar-refractivity contribution in [3.63, 3.8) is 0 Å². The van der Waals surface area contributed by atoms with Crippen LogP contribution >= 0.6 is 11.6 Å². The Labute approximate surface area is 228 Å². The maximum atomic E-state index is 13.3. The van der Waals surface area contributed by atoms with Gasteiger partial charge in [0.05, 0.1) is 36.1 Å². The van der Waals surface area contributed by atoms with E-state index in [2.05, 4.69) is 17.0 Å². The van der Waals surface area contributed by atoms with Crippen molar-refractivity contribution in [1.82, 2.24) is 19.7 Å². The fourth-order valence-corrected chi connectivity index (χ4v) is 5.13. The SMILES string of the molecule is CCCOC(=O)N1CCN(C(=O)c2ccc3c(Cl)cc(-c4cccc(CN5CCOCC5)c4)nc3c2)CC1. The van der Waals surface area contributed by atoms with Gasteiger partial charge in [-0.3, -0.25) is 9.69 Å². The first-order valence-electron chi connectivity index (χ1n) is 13.2. The third-order valence-electron chi connectivity index (χ3n) is 6.99. The zero-order valence-electron chi connectivity index (χ0n) is 21.7. The lowest BCUT2D eigenvalue weighted by Gasteiger charge is -2.34. The number of nitrogens with zero attached hydrogens (tertiary/aromatic N) is 4. The molecule has 0 N–H and O–H groups in total. The van der Waals surface area contributed by atoms with Crippen molar-refractivity contribution in [2.75, 3.05) is 59.1 Å². The van der Waals surface area contributed by atoms with Gasteiger partial charge in [-0.25, -0.2) is 9.78 Å². The molecule has 2 aromatic carbocycles. The Morgan fingerprint density at radius 1 is 0.974 bits per heavy atom. The molecular formula is C29H33ClN4O4. The van der Waals surface area contributed by atoms with Crippen LogP contribution in [0.25, 0.3) is 22.2 Å². The van der Waals surface area contributed by atoms with E-state index in [1.54, 1.807) is 15.9 Å². The molecule has 0 aliphatic carbocycles. The van der Waals surface area contributed by atoms with Crippen molar-refractivity contribution >= 4 is 34.5 Å². The summed E-state index contributed by atoms with van der Waals surface area (Å²) in [6.45, 7) is 8.46. The minimum atomic E-state index is -0.315. The first kappa shape index (κ1) is 26.4. The third-order valence-corrected chi connectivity index (χ3v) is 7.31. The number of piperazine rings is 1. The standard InChI is InChI=1S/C29H33ClN4O4/c1-2-14-38-29(36)34-10-8-33(9-11-34)28(35)23-6-7-24-25(30)19-26(31-27(24)18-23)22-5-3-4-21(17-22)20-32-12-15-37-16-13-32/h3-7,17-19H,2,8-16,20H2,1H3. The summed E-state index contributed by atoms with van der Waals surface area (Å²) in [5, 5.41) is 1.40. The molecule has 0 atom stereocenters. The Hall–Kier alpha value is -3.20. The molecule has 2 aliphatic rings. The maximum absolute atomic E-state index is 13.3. The van der Waals surface area contributed by atoms with Crippen LogP contribution in [0.3, 0.4) is 0 Å². The predicted octanol–water partition coefficient (Wildman–Crippen LogP) is 4.69. The number of halogens is 1. The first-order valence-corrected chi connectivity index (χ1v) is 13.6. The van der Waals surface area contributed by atoms with E-state index >= 15 is 0 Å². The van der Waals surface area contributed by atoms with Crippen LogP contribution in [0.5, 0.6) is 0 Å². The van der Waals surface area contributed by atoms with Gasteiger partial charge in [-0.15, -0.1) is 0 Å². The van der Waals surface area contributed by atoms with E-state index in [4.69, 9.17) is 26.1 Å². The van der Waals surface area contributed by atoms with Crippen LogP contribution in [0.4, 0.5) is 4.79 Å². The van der Waals surface area contributed by atoms with Crippen molar-refractivity contribution in [1.29, 1.82) is 0 Å². The molecule has 1 aromatic heterocycles. The average molecular weight is 537 g/mol. The Bertz CT molecular complexity index is 1300. The number of hydrogen-bond acceptors (Lipinski definition) is 6. The van der Waals surface area contributed by atoms with Crippen LogP contribution in [-0.2, 0) is 16.0 Å². The summed E-state index contributed by atoms with van der Waals surface area (Å²) in [6.07, 6.45) is 0.469. The number of aromatic nitrogens is 1. The zero-order chi connectivity index (χ0) is 26.5. The van der Waals surface area contributed by atoms with E-state index in [1.165, 1.54) is 5.56 Å². The molecule has 2 saturated heterocycles. The summed E-state index contributed by atoms with van der Waals surface area (Å²) < 4.78 is 10.7. The van der Waals surface area contributed by atoms with E-state index in [9.17, 15) is 9.59 Å². The smallest absolute Gasteiger partial charge is 0.409 e. The second kappa shape index (κ2) is 12.1. The Kier molecular flexibility index (Phi) is 8.42. The van der Waals surface area contributed by atoms with Crippen LogP contribution in [-0.4, -0.2) is 90.8 Å². The van der Waals surface area contributed by atoms with Crippen LogP contribution in [0.2, 0.25) is 5.02 Å². The molecule has 3 heterocycles. The summed E-state index contributed by atoms with van der Waals surface area (Å²) in [4.78, 5) is 36.1. The number of amides is 2. The first-order chi connectivity index (χ1) is 18.5. The number of benzene rings is 2. The van der Waals surface area contributed by atoms with E-state index in [1.807, 2.05) is 37.3 Å². The molecular weight excluding hydrogens is 504 g/mol. The number of ether oxygens (including phenoxy) is 2. The van der Waals surface area contributed by atoms with Gasteiger partial charge in [0.2, 0.25) is 0 Å². The van der Waals surface area contributed by atoms with Crippen LogP contribution in [0.1, 0.15) is 29.3 Å². The summed E-state index contributed by atoms with van der Waals surface area (Å²) >= 11 is 6.66. The maximum Gasteiger partial charge on any atom is 0.409 e. The number of fused-ring (bicyclic) bond motifs is 1. The largest absolute Gasteiger partial charge is 0.449 e. The minimum Gasteiger partial charge on any atom is -0.449 e. The van der Waals surface area contributed by atoms with Gasteiger partial charge in [-0.05, 0) is 36.2 Å². The Morgan fingerprint density at radius 3 is 2.50 bits per heavy atom. The van der Waals surface area contributed by atoms with Gasteiger partial charge in [-0.1, -0.05) is 42.8 Å². The fraction of sp³-hybridized carbons (Fsp3) is 0.414. The van der Waals surface area contributed by atoms with Gasteiger partial charge >= 0.3 is 6.09 Å². The summed E-state index contributed by atoms with van der Waals surface area (Å²) in [7, 11) is 0. The molecule has 3 aromatic rings. The molecule has 0 radical (unpaired) electrons. The van der Waals surface area contributed by atoms with Gasteiger partial charge in [0, 0.05) is 62.3 Å². The lowest BCUT2D eigenvalue weighted by atomic mass is 10.0. The van der Waals surface area contributed by atoms with E-state index in [0.717, 1.165) is 55.9 Å². The molecule has 0 bridgehead atoms. The molecule has 9 heteroatoms. The molecule has 2 fully saturated rings. The van der Waals surface area contributed by atoms with Crippen molar-refractivity contribution in [2.24, 2.45) is 0 Å². The number of hydrogen-bond donors (Lipinski definition) is 0. The summed E-state index contributed by atoms with van der Waals surface area (Å²) in [5.74, 6) is -0.0793. The third kappa shape index (κ3) is 6.09. The molecule has 0 spiro atoms. The van der Waals surface area contributed by atoms with E-state index in [0.29, 0.717) is 48.9 Å². The van der Waals surface area contributed by atoms with Crippen LogP contribution in [0.15, 0.2) is 48.5 Å². The van der Waals surface area contributed by atoms with Gasteiger partial charge < -0.3 is 19.3 Å². The molecule has 8 nitrogen and oxygen atoms in total. The molecule has 200 valence electrons. The second-order valence-electron chi connectivity index (χ2n) is 9.70. The van der Waals surface area contributed by atoms with E-state index < -0.39 is 0 Å². The number of carbonyl (C=O) groups excluding carboxylic acids is 2. The highest BCUT2D eigenvalue weighted by atomic mass is 35.5. The predicted molar refractivity (Wildman–Crippen MR) is 147 cm³/mol. The number of carbonyl (C=O) groups is 2. The van der Waals surface area contributed by atoms with Gasteiger partial charge in [0.1, 0.15) is 0 Å². The molecule has 2 aliphatic heterocycles. The topological polar surface area (TPSA) is 75.2 Å². The summed E-state index contributed by atoms with van der Waals surface area (Å²) in [6, 6.07) is 15.7. The van der Waals surface area contributed by atoms with Crippen LogP contribution in [0, 0.1) is 0 Å². The second-order valence-corrected chi connectivity index (χ2v) is 10.1. The van der Waals surface area contributed by atoms with Gasteiger partial charge in [0.15, 0.2) is 0 Å². The zero-order valence-corrected chi connectivity index (χ0v) is 22.5. The van der Waals surface area contributed by atoms with Gasteiger partial charge in [-0.2, -0.15) is 0 Å². The molecule has 38 heavy (non-hydrogen) atoms. The highest BCUT2D eigenvalue weighted by molar-refractivity contribution is 6.35. The quantitative estimate of drug-likeness (QED) is 0.455. The van der Waals surface area contributed by atoms with Gasteiger partial charge in [0.25, 0.3) is 5.91 Å². The van der Waals surface area contributed by atoms with Crippen molar-refractivity contribution in [3.8, 4) is 11.3 Å².